The molecule has 1 heterocycles. The highest BCUT2D eigenvalue weighted by Crippen LogP contribution is 2.15. The summed E-state index contributed by atoms with van der Waals surface area (Å²) in [6, 6.07) is 9.50. The fraction of sp³-hybridized carbons (Fsp3) is 0.667. The molecular weight excluding hydrogens is 408 g/mol. The van der Waals surface area contributed by atoms with Crippen molar-refractivity contribution in [3.8, 4) is 0 Å². The molecule has 1 aliphatic rings. The van der Waals surface area contributed by atoms with E-state index < -0.39 is 11.7 Å². The van der Waals surface area contributed by atoms with E-state index in [1.807, 2.05) is 58.0 Å². The molecule has 180 valence electrons. The van der Waals surface area contributed by atoms with Gasteiger partial charge in [-0.05, 0) is 52.5 Å². The zero-order valence-corrected chi connectivity index (χ0v) is 20.0. The van der Waals surface area contributed by atoms with Crippen LogP contribution in [0.5, 0.6) is 0 Å². The summed E-state index contributed by atoms with van der Waals surface area (Å²) in [5.41, 5.74) is 0.414. The molecule has 0 saturated carbocycles. The van der Waals surface area contributed by atoms with E-state index in [1.165, 1.54) is 0 Å². The van der Waals surface area contributed by atoms with E-state index in [0.29, 0.717) is 25.7 Å². The number of nitrogens with zero attached hydrogens (tertiary/aromatic N) is 1. The summed E-state index contributed by atoms with van der Waals surface area (Å²) < 4.78 is 16.7. The van der Waals surface area contributed by atoms with E-state index in [9.17, 15) is 4.79 Å². The Kier molecular flexibility index (Phi) is 11.3. The van der Waals surface area contributed by atoms with Crippen molar-refractivity contribution in [3.05, 3.63) is 35.9 Å². The van der Waals surface area contributed by atoms with Gasteiger partial charge >= 0.3 is 6.09 Å². The Labute approximate surface area is 192 Å². The second-order valence-corrected chi connectivity index (χ2v) is 8.82. The van der Waals surface area contributed by atoms with Crippen LogP contribution in [0.3, 0.4) is 0 Å². The number of ether oxygens (including phenoxy) is 3. The van der Waals surface area contributed by atoms with Crippen LogP contribution in [-0.4, -0.2) is 63.2 Å². The molecule has 0 bridgehead atoms. The predicted octanol–water partition coefficient (Wildman–Crippen LogP) is 3.39. The quantitative estimate of drug-likeness (QED) is 0.273. The Bertz CT molecular complexity index is 685. The molecule has 0 aliphatic carbocycles. The fourth-order valence-corrected chi connectivity index (χ4v) is 3.27. The first kappa shape index (κ1) is 25.9. The average molecular weight is 449 g/mol. The van der Waals surface area contributed by atoms with Crippen molar-refractivity contribution in [1.29, 1.82) is 0 Å². The zero-order valence-electron chi connectivity index (χ0n) is 20.0. The lowest BCUT2D eigenvalue weighted by atomic mass is 10.1. The summed E-state index contributed by atoms with van der Waals surface area (Å²) in [6.45, 7) is 11.6. The molecule has 0 aromatic heterocycles. The van der Waals surface area contributed by atoms with Crippen LogP contribution in [0.2, 0.25) is 0 Å². The summed E-state index contributed by atoms with van der Waals surface area (Å²) in [7, 11) is 0. The molecule has 0 radical (unpaired) electrons. The van der Waals surface area contributed by atoms with Gasteiger partial charge in [-0.25, -0.2) is 4.79 Å². The number of nitrogens with one attached hydrogen (secondary N) is 3. The highest BCUT2D eigenvalue weighted by molar-refractivity contribution is 5.79. The van der Waals surface area contributed by atoms with E-state index in [2.05, 4.69) is 20.9 Å². The second kappa shape index (κ2) is 14.0. The molecule has 1 fully saturated rings. The lowest BCUT2D eigenvalue weighted by Gasteiger charge is -2.23. The van der Waals surface area contributed by atoms with Crippen LogP contribution in [0.1, 0.15) is 58.6 Å². The number of carbonyl (C=O) groups excluding carboxylic acids is 1. The molecule has 1 aromatic rings. The first-order chi connectivity index (χ1) is 15.4. The standard InChI is InChI=1S/C24H40N4O4/c1-5-25-22(26-14-10-15-30-18-20-13-9-16-31-20)27-17-21(19-11-7-6-8-12-19)28-23(29)32-24(2,3)4/h6-8,11-12,20-21H,5,9-10,13-18H2,1-4H3,(H,28,29)(H2,25,26,27). The number of hydrogen-bond acceptors (Lipinski definition) is 5. The van der Waals surface area contributed by atoms with Gasteiger partial charge in [-0.1, -0.05) is 30.3 Å². The molecular formula is C24H40N4O4. The summed E-state index contributed by atoms with van der Waals surface area (Å²) in [4.78, 5) is 17.0. The van der Waals surface area contributed by atoms with E-state index >= 15 is 0 Å². The van der Waals surface area contributed by atoms with Crippen molar-refractivity contribution in [2.24, 2.45) is 4.99 Å². The summed E-state index contributed by atoms with van der Waals surface area (Å²) in [5.74, 6) is 0.707. The maximum absolute atomic E-state index is 12.3. The van der Waals surface area contributed by atoms with E-state index in [0.717, 1.165) is 44.5 Å². The van der Waals surface area contributed by atoms with Crippen LogP contribution in [0, 0.1) is 0 Å². The molecule has 1 aromatic carbocycles. The molecule has 3 N–H and O–H groups in total. The van der Waals surface area contributed by atoms with Gasteiger partial charge in [-0.15, -0.1) is 0 Å². The van der Waals surface area contributed by atoms with Gasteiger partial charge in [0.25, 0.3) is 0 Å². The third kappa shape index (κ3) is 10.8. The minimum Gasteiger partial charge on any atom is -0.444 e. The minimum absolute atomic E-state index is 0.259. The number of benzene rings is 1. The molecule has 0 spiro atoms. The van der Waals surface area contributed by atoms with Crippen LogP contribution in [0.25, 0.3) is 0 Å². The highest BCUT2D eigenvalue weighted by atomic mass is 16.6. The van der Waals surface area contributed by atoms with Crippen molar-refractivity contribution >= 4 is 12.1 Å². The SMILES string of the molecule is CCNC(=NCC(NC(=O)OC(C)(C)C)c1ccccc1)NCCCOCC1CCCO1. The highest BCUT2D eigenvalue weighted by Gasteiger charge is 2.20. The monoisotopic (exact) mass is 448 g/mol. The fourth-order valence-electron chi connectivity index (χ4n) is 3.27. The van der Waals surface area contributed by atoms with Gasteiger partial charge in [-0.2, -0.15) is 0 Å². The van der Waals surface area contributed by atoms with Gasteiger partial charge in [-0.3, -0.25) is 4.99 Å². The molecule has 2 atom stereocenters. The maximum Gasteiger partial charge on any atom is 0.408 e. The Morgan fingerprint density at radius 3 is 2.69 bits per heavy atom. The number of rotatable bonds is 11. The van der Waals surface area contributed by atoms with Crippen LogP contribution >= 0.6 is 0 Å². The lowest BCUT2D eigenvalue weighted by Crippen LogP contribution is -2.40. The van der Waals surface area contributed by atoms with Gasteiger partial charge in [0.05, 0.1) is 25.3 Å². The van der Waals surface area contributed by atoms with E-state index in [-0.39, 0.29) is 12.1 Å². The molecule has 2 rings (SSSR count). The maximum atomic E-state index is 12.3. The molecule has 8 heteroatoms. The Balaban J connectivity index is 1.85. The van der Waals surface area contributed by atoms with Gasteiger partial charge in [0, 0.05) is 26.3 Å². The Morgan fingerprint density at radius 1 is 1.25 bits per heavy atom. The summed E-state index contributed by atoms with van der Waals surface area (Å²) >= 11 is 0. The first-order valence-electron chi connectivity index (χ1n) is 11.6. The third-order valence-electron chi connectivity index (χ3n) is 4.75. The average Bonchev–Trinajstić information content (AvgIpc) is 3.26. The third-order valence-corrected chi connectivity index (χ3v) is 4.75. The number of guanidine groups is 1. The van der Waals surface area contributed by atoms with Crippen LogP contribution in [0.15, 0.2) is 35.3 Å². The minimum atomic E-state index is -0.559. The van der Waals surface area contributed by atoms with Crippen molar-refractivity contribution < 1.29 is 19.0 Å². The smallest absolute Gasteiger partial charge is 0.408 e. The van der Waals surface area contributed by atoms with Gasteiger partial charge in [0.1, 0.15) is 5.60 Å². The summed E-state index contributed by atoms with van der Waals surface area (Å²) in [6.07, 6.45) is 2.90. The Morgan fingerprint density at radius 2 is 2.03 bits per heavy atom. The number of carbonyl (C=O) groups is 1. The summed E-state index contributed by atoms with van der Waals surface area (Å²) in [5, 5.41) is 9.52. The second-order valence-electron chi connectivity index (χ2n) is 8.82. The van der Waals surface area contributed by atoms with Crippen LogP contribution in [-0.2, 0) is 14.2 Å². The molecule has 1 saturated heterocycles. The molecule has 1 aliphatic heterocycles. The number of alkyl carbamates (subject to hydrolysis) is 1. The topological polar surface area (TPSA) is 93.2 Å². The number of amides is 1. The zero-order chi connectivity index (χ0) is 23.2. The molecule has 32 heavy (non-hydrogen) atoms. The van der Waals surface area contributed by atoms with E-state index in [4.69, 9.17) is 14.2 Å². The van der Waals surface area contributed by atoms with E-state index in [1.54, 1.807) is 0 Å². The van der Waals surface area contributed by atoms with Crippen molar-refractivity contribution in [2.45, 2.75) is 64.7 Å². The largest absolute Gasteiger partial charge is 0.444 e. The molecule has 1 amide bonds. The number of hydrogen-bond donors (Lipinski definition) is 3. The van der Waals surface area contributed by atoms with Crippen LogP contribution < -0.4 is 16.0 Å². The lowest BCUT2D eigenvalue weighted by molar-refractivity contribution is 0.0168. The van der Waals surface area contributed by atoms with Gasteiger partial charge < -0.3 is 30.2 Å². The number of aliphatic imine (C=N–C) groups is 1. The molecule has 8 nitrogen and oxygen atoms in total. The van der Waals surface area contributed by atoms with Crippen molar-refractivity contribution in [3.63, 3.8) is 0 Å². The predicted molar refractivity (Wildman–Crippen MR) is 127 cm³/mol. The van der Waals surface area contributed by atoms with Gasteiger partial charge in [0.15, 0.2) is 5.96 Å². The molecule has 2 unspecified atom stereocenters. The van der Waals surface area contributed by atoms with Crippen LogP contribution in [0.4, 0.5) is 4.79 Å². The van der Waals surface area contributed by atoms with Crippen molar-refractivity contribution in [1.82, 2.24) is 16.0 Å². The Hall–Kier alpha value is -2.32. The first-order valence-corrected chi connectivity index (χ1v) is 11.6. The van der Waals surface area contributed by atoms with Crippen molar-refractivity contribution in [2.75, 3.05) is 39.5 Å². The van der Waals surface area contributed by atoms with Gasteiger partial charge in [0.2, 0.25) is 0 Å². The normalized spacial score (nSPS) is 17.6.